The molecule has 2 unspecified atom stereocenters. The van der Waals surface area contributed by atoms with Crippen LogP contribution in [0.3, 0.4) is 0 Å². The van der Waals surface area contributed by atoms with Crippen molar-refractivity contribution >= 4 is 36.4 Å². The van der Waals surface area contributed by atoms with Crippen molar-refractivity contribution < 1.29 is 9.53 Å². The number of carbonyl (C=O) groups is 1. The Kier molecular flexibility index (Phi) is 7.80. The highest BCUT2D eigenvalue weighted by Crippen LogP contribution is 2.50. The molecule has 150 valence electrons. The molecular formula is C18H27Cl2N5O2. The van der Waals surface area contributed by atoms with E-state index in [1.165, 1.54) is 6.33 Å². The second-order valence-corrected chi connectivity index (χ2v) is 7.09. The van der Waals surface area contributed by atoms with Crippen LogP contribution in [-0.4, -0.2) is 38.9 Å². The summed E-state index contributed by atoms with van der Waals surface area (Å²) >= 11 is 0. The zero-order chi connectivity index (χ0) is 18.1. The second-order valence-electron chi connectivity index (χ2n) is 7.09. The Labute approximate surface area is 171 Å². The number of benzene rings is 1. The summed E-state index contributed by atoms with van der Waals surface area (Å²) in [5.74, 6) is -0.175. The first kappa shape index (κ1) is 23.4. The topological polar surface area (TPSA) is 95.1 Å². The third kappa shape index (κ3) is 4.43. The Balaban J connectivity index is 0.00000182. The van der Waals surface area contributed by atoms with Crippen molar-refractivity contribution in [2.75, 3.05) is 11.9 Å². The molecule has 1 aromatic carbocycles. The number of nitrogens with two attached hydrogens (primary N) is 1. The van der Waals surface area contributed by atoms with Gasteiger partial charge in [0.05, 0.1) is 12.6 Å². The number of amides is 1. The van der Waals surface area contributed by atoms with Gasteiger partial charge in [-0.25, -0.2) is 9.67 Å². The van der Waals surface area contributed by atoms with Gasteiger partial charge in [0.25, 0.3) is 0 Å². The number of hydrogen-bond donors (Lipinski definition) is 2. The van der Waals surface area contributed by atoms with Crippen LogP contribution in [0.2, 0.25) is 0 Å². The predicted octanol–water partition coefficient (Wildman–Crippen LogP) is 2.64. The molecule has 0 radical (unpaired) electrons. The SMILES string of the molecule is CCOC1CC(N)(C(=O)Nc2cccc(Cn3cncn3)c2)C1(C)C.Cl.Cl. The summed E-state index contributed by atoms with van der Waals surface area (Å²) < 4.78 is 7.42. The van der Waals surface area contributed by atoms with E-state index in [4.69, 9.17) is 10.5 Å². The van der Waals surface area contributed by atoms with Gasteiger partial charge in [0.15, 0.2) is 0 Å². The number of anilines is 1. The lowest BCUT2D eigenvalue weighted by molar-refractivity contribution is -0.166. The lowest BCUT2D eigenvalue weighted by Crippen LogP contribution is -2.74. The third-order valence-electron chi connectivity index (χ3n) is 5.23. The zero-order valence-corrected chi connectivity index (χ0v) is 17.3. The van der Waals surface area contributed by atoms with Crippen LogP contribution in [0.25, 0.3) is 0 Å². The van der Waals surface area contributed by atoms with Crippen molar-refractivity contribution in [3.63, 3.8) is 0 Å². The molecule has 3 rings (SSSR count). The van der Waals surface area contributed by atoms with Crippen LogP contribution in [0.4, 0.5) is 5.69 Å². The maximum atomic E-state index is 12.8. The van der Waals surface area contributed by atoms with Gasteiger partial charge >= 0.3 is 0 Å². The largest absolute Gasteiger partial charge is 0.378 e. The standard InChI is InChI=1S/C18H25N5O2.2ClH/c1-4-25-15-9-18(19,17(15,2)3)16(24)22-14-7-5-6-13(8-14)10-23-12-20-11-21-23;;/h5-8,11-12,15H,4,9-10,19H2,1-3H3,(H,22,24);2*1H. The van der Waals surface area contributed by atoms with Gasteiger partial charge in [-0.15, -0.1) is 24.8 Å². The molecule has 1 amide bonds. The number of halogens is 2. The molecule has 2 aromatic rings. The number of ether oxygens (including phenoxy) is 1. The second kappa shape index (κ2) is 9.01. The highest BCUT2D eigenvalue weighted by molar-refractivity contribution is 5.99. The van der Waals surface area contributed by atoms with Crippen molar-refractivity contribution in [3.8, 4) is 0 Å². The summed E-state index contributed by atoms with van der Waals surface area (Å²) in [6.07, 6.45) is 3.69. The Hall–Kier alpha value is -1.67. The van der Waals surface area contributed by atoms with E-state index in [0.717, 1.165) is 11.3 Å². The molecular weight excluding hydrogens is 389 g/mol. The van der Waals surface area contributed by atoms with Crippen molar-refractivity contribution in [1.82, 2.24) is 14.8 Å². The van der Waals surface area contributed by atoms with Crippen LogP contribution in [0.15, 0.2) is 36.9 Å². The molecule has 1 heterocycles. The van der Waals surface area contributed by atoms with Crippen molar-refractivity contribution in [2.24, 2.45) is 11.1 Å². The summed E-state index contributed by atoms with van der Waals surface area (Å²) in [4.78, 5) is 16.7. The first-order valence-corrected chi connectivity index (χ1v) is 8.50. The number of aromatic nitrogens is 3. The maximum Gasteiger partial charge on any atom is 0.245 e. The zero-order valence-electron chi connectivity index (χ0n) is 15.7. The monoisotopic (exact) mass is 415 g/mol. The lowest BCUT2D eigenvalue weighted by Gasteiger charge is -2.57. The fraction of sp³-hybridized carbons (Fsp3) is 0.500. The Bertz CT molecular complexity index is 754. The van der Waals surface area contributed by atoms with Crippen molar-refractivity contribution in [2.45, 2.75) is 45.4 Å². The van der Waals surface area contributed by atoms with E-state index in [2.05, 4.69) is 15.4 Å². The fourth-order valence-electron chi connectivity index (χ4n) is 3.31. The summed E-state index contributed by atoms with van der Waals surface area (Å²) in [7, 11) is 0. The van der Waals surface area contributed by atoms with E-state index in [9.17, 15) is 4.79 Å². The minimum absolute atomic E-state index is 0. The quantitative estimate of drug-likeness (QED) is 0.755. The molecule has 1 aromatic heterocycles. The minimum Gasteiger partial charge on any atom is -0.378 e. The van der Waals surface area contributed by atoms with Crippen molar-refractivity contribution in [1.29, 1.82) is 0 Å². The summed E-state index contributed by atoms with van der Waals surface area (Å²) in [5.41, 5.74) is 6.83. The summed E-state index contributed by atoms with van der Waals surface area (Å²) in [6, 6.07) is 7.67. The van der Waals surface area contributed by atoms with Crippen LogP contribution in [0.5, 0.6) is 0 Å². The molecule has 7 nitrogen and oxygen atoms in total. The van der Waals surface area contributed by atoms with Crippen LogP contribution in [0, 0.1) is 5.41 Å². The Morgan fingerprint density at radius 2 is 2.15 bits per heavy atom. The van der Waals surface area contributed by atoms with Gasteiger partial charge in [-0.1, -0.05) is 26.0 Å². The van der Waals surface area contributed by atoms with E-state index in [0.29, 0.717) is 19.6 Å². The third-order valence-corrected chi connectivity index (χ3v) is 5.23. The maximum absolute atomic E-state index is 12.8. The molecule has 3 N–H and O–H groups in total. The highest BCUT2D eigenvalue weighted by atomic mass is 35.5. The van der Waals surface area contributed by atoms with Gasteiger partial charge in [0.2, 0.25) is 5.91 Å². The number of carbonyl (C=O) groups excluding carboxylic acids is 1. The predicted molar refractivity (Wildman–Crippen MR) is 109 cm³/mol. The van der Waals surface area contributed by atoms with Gasteiger partial charge in [-0.05, 0) is 24.6 Å². The first-order chi connectivity index (χ1) is 11.9. The summed E-state index contributed by atoms with van der Waals surface area (Å²) in [6.45, 7) is 7.13. The van der Waals surface area contributed by atoms with E-state index in [1.807, 2.05) is 45.0 Å². The molecule has 0 spiro atoms. The average Bonchev–Trinajstić information content (AvgIpc) is 3.07. The number of rotatable bonds is 6. The molecule has 0 bridgehead atoms. The first-order valence-electron chi connectivity index (χ1n) is 8.50. The Morgan fingerprint density at radius 1 is 1.41 bits per heavy atom. The highest BCUT2D eigenvalue weighted by Gasteiger charge is 2.62. The molecule has 1 saturated carbocycles. The summed E-state index contributed by atoms with van der Waals surface area (Å²) in [5, 5.41) is 7.05. The molecule has 1 aliphatic rings. The molecule has 1 fully saturated rings. The molecule has 2 atom stereocenters. The van der Waals surface area contributed by atoms with Crippen LogP contribution < -0.4 is 11.1 Å². The van der Waals surface area contributed by atoms with E-state index < -0.39 is 11.0 Å². The van der Waals surface area contributed by atoms with Crippen molar-refractivity contribution in [3.05, 3.63) is 42.5 Å². The molecule has 9 heteroatoms. The van der Waals surface area contributed by atoms with E-state index in [-0.39, 0.29) is 36.8 Å². The lowest BCUT2D eigenvalue weighted by atomic mass is 9.54. The number of hydrogen-bond acceptors (Lipinski definition) is 5. The smallest absolute Gasteiger partial charge is 0.245 e. The van der Waals surface area contributed by atoms with E-state index in [1.54, 1.807) is 11.0 Å². The molecule has 0 saturated heterocycles. The van der Waals surface area contributed by atoms with Gasteiger partial charge in [-0.3, -0.25) is 4.79 Å². The Morgan fingerprint density at radius 3 is 2.74 bits per heavy atom. The van der Waals surface area contributed by atoms with Gasteiger partial charge in [-0.2, -0.15) is 5.10 Å². The van der Waals surface area contributed by atoms with E-state index >= 15 is 0 Å². The fourth-order valence-corrected chi connectivity index (χ4v) is 3.31. The normalized spacial score (nSPS) is 22.7. The van der Waals surface area contributed by atoms with Crippen LogP contribution in [-0.2, 0) is 16.1 Å². The van der Waals surface area contributed by atoms with Crippen LogP contribution in [0.1, 0.15) is 32.8 Å². The molecule has 1 aliphatic carbocycles. The van der Waals surface area contributed by atoms with Crippen LogP contribution >= 0.6 is 24.8 Å². The van der Waals surface area contributed by atoms with Gasteiger partial charge in [0, 0.05) is 24.1 Å². The molecule has 27 heavy (non-hydrogen) atoms. The van der Waals surface area contributed by atoms with Gasteiger partial charge in [0.1, 0.15) is 18.2 Å². The number of nitrogens with zero attached hydrogens (tertiary/aromatic N) is 3. The number of nitrogens with one attached hydrogen (secondary N) is 1. The molecule has 0 aliphatic heterocycles. The minimum atomic E-state index is -0.936. The van der Waals surface area contributed by atoms with Gasteiger partial charge < -0.3 is 15.8 Å². The average molecular weight is 416 g/mol.